The zero-order valence-electron chi connectivity index (χ0n) is 21.1. The van der Waals surface area contributed by atoms with Crippen molar-refractivity contribution in [2.75, 3.05) is 18.6 Å². The van der Waals surface area contributed by atoms with Crippen molar-refractivity contribution in [3.8, 4) is 17.2 Å². The van der Waals surface area contributed by atoms with Gasteiger partial charge in [0.25, 0.3) is 5.78 Å². The SMILES string of the molecule is CCCOc1ccc(/C(O)=C2\C(=O)C(=O)N(c3nc4ccc(OC)cc4s3)C2c2ccc(O)cc2)cc1C. The number of hydrogen-bond donors (Lipinski definition) is 2. The number of amides is 1. The molecule has 4 aromatic rings. The summed E-state index contributed by atoms with van der Waals surface area (Å²) in [5, 5.41) is 21.6. The lowest BCUT2D eigenvalue weighted by atomic mass is 9.95. The fraction of sp³-hybridized carbons (Fsp3) is 0.207. The van der Waals surface area contributed by atoms with Crippen LogP contribution in [0.2, 0.25) is 0 Å². The average Bonchev–Trinajstić information content (AvgIpc) is 3.45. The Morgan fingerprint density at radius 2 is 1.84 bits per heavy atom. The predicted molar refractivity (Wildman–Crippen MR) is 146 cm³/mol. The highest BCUT2D eigenvalue weighted by Crippen LogP contribution is 2.45. The average molecular weight is 531 g/mol. The minimum atomic E-state index is -0.950. The van der Waals surface area contributed by atoms with Crippen LogP contribution in [0.15, 0.2) is 66.2 Å². The third-order valence-electron chi connectivity index (χ3n) is 6.35. The lowest BCUT2D eigenvalue weighted by Gasteiger charge is -2.23. The first-order valence-electron chi connectivity index (χ1n) is 12.1. The summed E-state index contributed by atoms with van der Waals surface area (Å²) in [4.78, 5) is 32.8. The number of methoxy groups -OCH3 is 1. The lowest BCUT2D eigenvalue weighted by molar-refractivity contribution is -0.132. The number of phenols is 1. The molecular formula is C29H26N2O6S. The van der Waals surface area contributed by atoms with Gasteiger partial charge in [0.1, 0.15) is 23.0 Å². The Morgan fingerprint density at radius 1 is 1.08 bits per heavy atom. The van der Waals surface area contributed by atoms with Gasteiger partial charge < -0.3 is 19.7 Å². The van der Waals surface area contributed by atoms with E-state index in [1.807, 2.05) is 19.9 Å². The quantitative estimate of drug-likeness (QED) is 0.178. The third kappa shape index (κ3) is 4.45. The van der Waals surface area contributed by atoms with Crippen LogP contribution in [0.1, 0.15) is 36.1 Å². The number of benzene rings is 3. The van der Waals surface area contributed by atoms with Gasteiger partial charge in [-0.2, -0.15) is 0 Å². The van der Waals surface area contributed by atoms with Crippen molar-refractivity contribution in [3.05, 3.63) is 82.9 Å². The monoisotopic (exact) mass is 530 g/mol. The Hall–Kier alpha value is -4.37. The number of ketones is 1. The number of hydrogen-bond acceptors (Lipinski definition) is 8. The van der Waals surface area contributed by atoms with Crippen molar-refractivity contribution in [1.29, 1.82) is 0 Å². The number of fused-ring (bicyclic) bond motifs is 1. The first-order valence-corrected chi connectivity index (χ1v) is 12.9. The molecule has 3 aromatic carbocycles. The van der Waals surface area contributed by atoms with Gasteiger partial charge in [-0.1, -0.05) is 30.4 Å². The maximum atomic E-state index is 13.4. The molecule has 38 heavy (non-hydrogen) atoms. The molecule has 1 aliphatic rings. The molecular weight excluding hydrogens is 504 g/mol. The number of rotatable bonds is 7. The number of ether oxygens (including phenoxy) is 2. The third-order valence-corrected chi connectivity index (χ3v) is 7.37. The molecule has 0 bridgehead atoms. The summed E-state index contributed by atoms with van der Waals surface area (Å²) in [6, 6.07) is 15.7. The Balaban J connectivity index is 1.66. The molecule has 194 valence electrons. The van der Waals surface area contributed by atoms with Gasteiger partial charge in [0.15, 0.2) is 5.13 Å². The minimum Gasteiger partial charge on any atom is -0.508 e. The molecule has 0 spiro atoms. The summed E-state index contributed by atoms with van der Waals surface area (Å²) < 4.78 is 11.8. The standard InChI is InChI=1S/C29H26N2O6S/c1-4-13-37-22-12-7-18(14-16(22)2)26(33)24-25(17-5-8-19(32)9-6-17)31(28(35)27(24)34)29-30-21-11-10-20(36-3)15-23(21)38-29/h5-12,14-15,25,32-33H,4,13H2,1-3H3/b26-24+. The van der Waals surface area contributed by atoms with Crippen LogP contribution in [0.4, 0.5) is 5.13 Å². The molecule has 1 aromatic heterocycles. The van der Waals surface area contributed by atoms with E-state index in [1.54, 1.807) is 49.6 Å². The number of nitrogens with zero attached hydrogens (tertiary/aromatic N) is 2. The molecule has 9 heteroatoms. The Labute approximate surface area is 223 Å². The molecule has 1 amide bonds. The molecule has 8 nitrogen and oxygen atoms in total. The first-order chi connectivity index (χ1) is 18.3. The van der Waals surface area contributed by atoms with Crippen LogP contribution in [0.25, 0.3) is 16.0 Å². The zero-order valence-corrected chi connectivity index (χ0v) is 21.9. The summed E-state index contributed by atoms with van der Waals surface area (Å²) in [5.74, 6) is -0.542. The molecule has 0 saturated carbocycles. The maximum absolute atomic E-state index is 13.4. The highest BCUT2D eigenvalue weighted by atomic mass is 32.1. The van der Waals surface area contributed by atoms with E-state index in [4.69, 9.17) is 9.47 Å². The van der Waals surface area contributed by atoms with E-state index in [1.165, 1.54) is 28.4 Å². The second-order valence-electron chi connectivity index (χ2n) is 8.92. The largest absolute Gasteiger partial charge is 0.508 e. The lowest BCUT2D eigenvalue weighted by Crippen LogP contribution is -2.29. The van der Waals surface area contributed by atoms with Crippen molar-refractivity contribution in [2.45, 2.75) is 26.3 Å². The Morgan fingerprint density at radius 3 is 2.53 bits per heavy atom. The topological polar surface area (TPSA) is 109 Å². The summed E-state index contributed by atoms with van der Waals surface area (Å²) in [5.41, 5.74) is 2.31. The number of aromatic nitrogens is 1. The predicted octanol–water partition coefficient (Wildman–Crippen LogP) is 5.73. The molecule has 1 fully saturated rings. The van der Waals surface area contributed by atoms with Gasteiger partial charge in [-0.25, -0.2) is 4.98 Å². The van der Waals surface area contributed by atoms with Crippen molar-refractivity contribution in [1.82, 2.24) is 4.98 Å². The van der Waals surface area contributed by atoms with Crippen LogP contribution >= 0.6 is 11.3 Å². The van der Waals surface area contributed by atoms with Crippen molar-refractivity contribution in [3.63, 3.8) is 0 Å². The number of Topliss-reactive ketones (excluding diaryl/α,β-unsaturated/α-hetero) is 1. The number of anilines is 1. The molecule has 1 saturated heterocycles. The van der Waals surface area contributed by atoms with E-state index in [2.05, 4.69) is 4.98 Å². The smallest absolute Gasteiger partial charge is 0.301 e. The molecule has 1 atom stereocenters. The summed E-state index contributed by atoms with van der Waals surface area (Å²) in [6.45, 7) is 4.43. The van der Waals surface area contributed by atoms with Crippen LogP contribution in [-0.2, 0) is 9.59 Å². The van der Waals surface area contributed by atoms with Gasteiger partial charge in [0.2, 0.25) is 0 Å². The summed E-state index contributed by atoms with van der Waals surface area (Å²) in [7, 11) is 1.57. The van der Waals surface area contributed by atoms with Crippen molar-refractivity contribution < 1.29 is 29.3 Å². The van der Waals surface area contributed by atoms with E-state index in [0.717, 1.165) is 16.7 Å². The first kappa shape index (κ1) is 25.3. The Kier molecular flexibility index (Phi) is 6.77. The summed E-state index contributed by atoms with van der Waals surface area (Å²) in [6.07, 6.45) is 0.857. The fourth-order valence-electron chi connectivity index (χ4n) is 4.45. The summed E-state index contributed by atoms with van der Waals surface area (Å²) >= 11 is 1.24. The number of phenolic OH excluding ortho intramolecular Hbond substituents is 1. The van der Waals surface area contributed by atoms with Crippen LogP contribution in [0.5, 0.6) is 17.2 Å². The van der Waals surface area contributed by atoms with E-state index >= 15 is 0 Å². The number of aliphatic hydroxyl groups excluding tert-OH is 1. The number of aromatic hydroxyl groups is 1. The normalized spacial score (nSPS) is 16.8. The second-order valence-corrected chi connectivity index (χ2v) is 9.93. The van der Waals surface area contributed by atoms with Gasteiger partial charge >= 0.3 is 5.91 Å². The van der Waals surface area contributed by atoms with Crippen LogP contribution in [0.3, 0.4) is 0 Å². The highest BCUT2D eigenvalue weighted by Gasteiger charge is 2.48. The van der Waals surface area contributed by atoms with Gasteiger partial charge in [-0.15, -0.1) is 0 Å². The van der Waals surface area contributed by atoms with Gasteiger partial charge in [-0.3, -0.25) is 14.5 Å². The Bertz CT molecular complexity index is 1570. The molecule has 0 aliphatic carbocycles. The van der Waals surface area contributed by atoms with Crippen LogP contribution in [-0.4, -0.2) is 40.6 Å². The van der Waals surface area contributed by atoms with Crippen LogP contribution < -0.4 is 14.4 Å². The van der Waals surface area contributed by atoms with E-state index in [9.17, 15) is 19.8 Å². The fourth-order valence-corrected chi connectivity index (χ4v) is 5.47. The molecule has 1 unspecified atom stereocenters. The van der Waals surface area contributed by atoms with Gasteiger partial charge in [0, 0.05) is 5.56 Å². The molecule has 2 heterocycles. The number of aryl methyl sites for hydroxylation is 1. The number of aliphatic hydroxyl groups is 1. The van der Waals surface area contributed by atoms with E-state index < -0.39 is 17.7 Å². The number of thiazole rings is 1. The molecule has 0 radical (unpaired) electrons. The van der Waals surface area contributed by atoms with Gasteiger partial charge in [-0.05, 0) is 73.0 Å². The van der Waals surface area contributed by atoms with E-state index in [0.29, 0.717) is 39.9 Å². The molecule has 1 aliphatic heterocycles. The molecule has 2 N–H and O–H groups in total. The van der Waals surface area contributed by atoms with Gasteiger partial charge in [0.05, 0.1) is 35.5 Å². The zero-order chi connectivity index (χ0) is 27.0. The number of carbonyl (C=O) groups is 2. The maximum Gasteiger partial charge on any atom is 0.301 e. The number of carbonyl (C=O) groups excluding carboxylic acids is 2. The highest BCUT2D eigenvalue weighted by molar-refractivity contribution is 7.22. The minimum absolute atomic E-state index is 0.0380. The van der Waals surface area contributed by atoms with Crippen LogP contribution in [0, 0.1) is 6.92 Å². The molecule has 5 rings (SSSR count). The van der Waals surface area contributed by atoms with Crippen molar-refractivity contribution in [2.24, 2.45) is 0 Å². The van der Waals surface area contributed by atoms with E-state index in [-0.39, 0.29) is 17.1 Å². The second kappa shape index (κ2) is 10.2. The van der Waals surface area contributed by atoms with Crippen molar-refractivity contribution >= 4 is 44.1 Å².